The Labute approximate surface area is 99.0 Å². The molecule has 0 atom stereocenters. The van der Waals surface area contributed by atoms with E-state index in [4.69, 9.17) is 11.6 Å². The molecule has 1 aromatic rings. The summed E-state index contributed by atoms with van der Waals surface area (Å²) in [5.74, 6) is -0.465. The third-order valence-electron chi connectivity index (χ3n) is 1.97. The molecule has 0 aliphatic carbocycles. The summed E-state index contributed by atoms with van der Waals surface area (Å²) in [6.45, 7) is 2.85. The molecule has 0 fully saturated rings. The van der Waals surface area contributed by atoms with Crippen molar-refractivity contribution >= 4 is 23.2 Å². The van der Waals surface area contributed by atoms with Gasteiger partial charge >= 0.3 is 0 Å². The van der Waals surface area contributed by atoms with Crippen molar-refractivity contribution in [3.8, 4) is 0 Å². The van der Waals surface area contributed by atoms with E-state index in [0.29, 0.717) is 30.2 Å². The SMILES string of the molecule is CCNC(=O)CCNc1ccc(Cl)cc1F. The fourth-order valence-corrected chi connectivity index (χ4v) is 1.39. The first-order valence-corrected chi connectivity index (χ1v) is 5.47. The monoisotopic (exact) mass is 244 g/mol. The van der Waals surface area contributed by atoms with Crippen LogP contribution in [-0.2, 0) is 4.79 Å². The van der Waals surface area contributed by atoms with Crippen molar-refractivity contribution in [2.75, 3.05) is 18.4 Å². The smallest absolute Gasteiger partial charge is 0.221 e. The van der Waals surface area contributed by atoms with Crippen LogP contribution in [0.1, 0.15) is 13.3 Å². The van der Waals surface area contributed by atoms with Gasteiger partial charge in [-0.05, 0) is 25.1 Å². The number of anilines is 1. The van der Waals surface area contributed by atoms with Gasteiger partial charge < -0.3 is 10.6 Å². The van der Waals surface area contributed by atoms with Crippen molar-refractivity contribution in [2.24, 2.45) is 0 Å². The molecule has 0 bridgehead atoms. The Kier molecular flexibility index (Phi) is 5.05. The van der Waals surface area contributed by atoms with Crippen LogP contribution in [0.15, 0.2) is 18.2 Å². The van der Waals surface area contributed by atoms with Crippen molar-refractivity contribution in [3.05, 3.63) is 29.0 Å². The Hall–Kier alpha value is -1.29. The summed E-state index contributed by atoms with van der Waals surface area (Å²) < 4.78 is 13.3. The molecule has 0 saturated carbocycles. The van der Waals surface area contributed by atoms with Crippen LogP contribution >= 0.6 is 11.6 Å². The summed E-state index contributed by atoms with van der Waals surface area (Å²) in [5.41, 5.74) is 0.355. The number of amides is 1. The summed E-state index contributed by atoms with van der Waals surface area (Å²) in [4.78, 5) is 11.1. The molecule has 0 spiro atoms. The quantitative estimate of drug-likeness (QED) is 0.835. The number of nitrogens with one attached hydrogen (secondary N) is 2. The fraction of sp³-hybridized carbons (Fsp3) is 0.364. The predicted molar refractivity (Wildman–Crippen MR) is 63.2 cm³/mol. The first-order chi connectivity index (χ1) is 7.63. The largest absolute Gasteiger partial charge is 0.382 e. The molecular formula is C11H14ClFN2O. The summed E-state index contributed by atoms with van der Waals surface area (Å²) in [5, 5.41) is 5.85. The average molecular weight is 245 g/mol. The lowest BCUT2D eigenvalue weighted by molar-refractivity contribution is -0.120. The number of carbonyl (C=O) groups is 1. The molecule has 0 saturated heterocycles. The molecule has 1 amide bonds. The molecule has 3 nitrogen and oxygen atoms in total. The normalized spacial score (nSPS) is 9.94. The minimum absolute atomic E-state index is 0.0515. The van der Waals surface area contributed by atoms with Crippen LogP contribution in [0.3, 0.4) is 0 Å². The maximum absolute atomic E-state index is 13.3. The number of hydrogen-bond donors (Lipinski definition) is 2. The van der Waals surface area contributed by atoms with Crippen LogP contribution in [-0.4, -0.2) is 19.0 Å². The van der Waals surface area contributed by atoms with E-state index in [9.17, 15) is 9.18 Å². The topological polar surface area (TPSA) is 41.1 Å². The third kappa shape index (κ3) is 4.06. The van der Waals surface area contributed by atoms with Crippen LogP contribution in [0.5, 0.6) is 0 Å². The number of rotatable bonds is 5. The zero-order valence-corrected chi connectivity index (χ0v) is 9.77. The van der Waals surface area contributed by atoms with Gasteiger partial charge in [0.25, 0.3) is 0 Å². The van der Waals surface area contributed by atoms with Gasteiger partial charge in [0.1, 0.15) is 5.82 Å². The molecule has 0 aromatic heterocycles. The van der Waals surface area contributed by atoms with Crippen molar-refractivity contribution in [1.82, 2.24) is 5.32 Å². The second kappa shape index (κ2) is 6.33. The lowest BCUT2D eigenvalue weighted by atomic mass is 10.3. The van der Waals surface area contributed by atoms with E-state index >= 15 is 0 Å². The van der Waals surface area contributed by atoms with Crippen molar-refractivity contribution in [3.63, 3.8) is 0 Å². The summed E-state index contributed by atoms with van der Waals surface area (Å²) in [6, 6.07) is 4.38. The first kappa shape index (κ1) is 12.8. The second-order valence-electron chi connectivity index (χ2n) is 3.25. The van der Waals surface area contributed by atoms with Crippen molar-refractivity contribution in [2.45, 2.75) is 13.3 Å². The Balaban J connectivity index is 2.40. The van der Waals surface area contributed by atoms with Gasteiger partial charge in [-0.15, -0.1) is 0 Å². The Morgan fingerprint density at radius 1 is 1.50 bits per heavy atom. The molecule has 0 heterocycles. The van der Waals surface area contributed by atoms with Gasteiger partial charge in [0, 0.05) is 24.5 Å². The molecule has 16 heavy (non-hydrogen) atoms. The highest BCUT2D eigenvalue weighted by Crippen LogP contribution is 2.18. The van der Waals surface area contributed by atoms with Crippen LogP contribution < -0.4 is 10.6 Å². The predicted octanol–water partition coefficient (Wildman–Crippen LogP) is 2.42. The van der Waals surface area contributed by atoms with Crippen molar-refractivity contribution < 1.29 is 9.18 Å². The van der Waals surface area contributed by atoms with Crippen LogP contribution in [0, 0.1) is 5.82 Å². The van der Waals surface area contributed by atoms with Gasteiger partial charge in [0.05, 0.1) is 5.69 Å². The molecule has 1 aromatic carbocycles. The summed E-state index contributed by atoms with van der Waals surface area (Å²) >= 11 is 5.61. The van der Waals surface area contributed by atoms with Gasteiger partial charge in [-0.2, -0.15) is 0 Å². The average Bonchev–Trinajstić information content (AvgIpc) is 2.22. The molecular weight excluding hydrogens is 231 g/mol. The van der Waals surface area contributed by atoms with E-state index < -0.39 is 5.82 Å². The molecule has 2 N–H and O–H groups in total. The molecule has 0 unspecified atom stereocenters. The van der Waals surface area contributed by atoms with E-state index in [1.807, 2.05) is 6.92 Å². The molecule has 5 heteroatoms. The number of benzene rings is 1. The molecule has 0 radical (unpaired) electrons. The second-order valence-corrected chi connectivity index (χ2v) is 3.69. The summed E-state index contributed by atoms with van der Waals surface area (Å²) in [6.07, 6.45) is 0.315. The number of halogens is 2. The van der Waals surface area contributed by atoms with Gasteiger partial charge in [0.2, 0.25) is 5.91 Å². The lowest BCUT2D eigenvalue weighted by Gasteiger charge is -2.07. The Bertz CT molecular complexity index is 371. The van der Waals surface area contributed by atoms with Crippen molar-refractivity contribution in [1.29, 1.82) is 0 Å². The maximum Gasteiger partial charge on any atom is 0.221 e. The highest BCUT2D eigenvalue weighted by atomic mass is 35.5. The highest BCUT2D eigenvalue weighted by molar-refractivity contribution is 6.30. The standard InChI is InChI=1S/C11H14ClFN2O/c1-2-14-11(16)5-6-15-10-4-3-8(12)7-9(10)13/h3-4,7,15H,2,5-6H2,1H3,(H,14,16). The van der Waals surface area contributed by atoms with Gasteiger partial charge in [0.15, 0.2) is 0 Å². The van der Waals surface area contributed by atoms with E-state index in [0.717, 1.165) is 0 Å². The fourth-order valence-electron chi connectivity index (χ4n) is 1.23. The van der Waals surface area contributed by atoms with Crippen LogP contribution in [0.4, 0.5) is 10.1 Å². The van der Waals surface area contributed by atoms with Crippen LogP contribution in [0.25, 0.3) is 0 Å². The summed E-state index contributed by atoms with van der Waals surface area (Å²) in [7, 11) is 0. The molecule has 1 rings (SSSR count). The maximum atomic E-state index is 13.3. The number of carbonyl (C=O) groups excluding carboxylic acids is 1. The zero-order valence-electron chi connectivity index (χ0n) is 9.02. The molecule has 88 valence electrons. The van der Waals surface area contributed by atoms with E-state index in [-0.39, 0.29) is 5.91 Å². The van der Waals surface area contributed by atoms with E-state index in [1.54, 1.807) is 12.1 Å². The third-order valence-corrected chi connectivity index (χ3v) is 2.21. The minimum Gasteiger partial charge on any atom is -0.382 e. The minimum atomic E-state index is -0.414. The zero-order chi connectivity index (χ0) is 12.0. The van der Waals surface area contributed by atoms with Crippen LogP contribution in [0.2, 0.25) is 5.02 Å². The number of hydrogen-bond acceptors (Lipinski definition) is 2. The Morgan fingerprint density at radius 2 is 2.25 bits per heavy atom. The van der Waals surface area contributed by atoms with Gasteiger partial charge in [-0.1, -0.05) is 11.6 Å². The first-order valence-electron chi connectivity index (χ1n) is 5.09. The molecule has 0 aliphatic heterocycles. The van der Waals surface area contributed by atoms with E-state index in [1.165, 1.54) is 6.07 Å². The van der Waals surface area contributed by atoms with Gasteiger partial charge in [-0.3, -0.25) is 4.79 Å². The lowest BCUT2D eigenvalue weighted by Crippen LogP contribution is -2.24. The van der Waals surface area contributed by atoms with E-state index in [2.05, 4.69) is 10.6 Å². The molecule has 0 aliphatic rings. The Morgan fingerprint density at radius 3 is 2.88 bits per heavy atom. The highest BCUT2D eigenvalue weighted by Gasteiger charge is 2.03. The van der Waals surface area contributed by atoms with Gasteiger partial charge in [-0.25, -0.2) is 4.39 Å².